The first-order valence-corrected chi connectivity index (χ1v) is 12.9. The zero-order valence-corrected chi connectivity index (χ0v) is 22.9. The van der Waals surface area contributed by atoms with Gasteiger partial charge in [-0.1, -0.05) is 54.6 Å². The van der Waals surface area contributed by atoms with Gasteiger partial charge < -0.3 is 24.4 Å². The number of amides is 2. The Labute approximate surface area is 234 Å². The fourth-order valence-corrected chi connectivity index (χ4v) is 4.40. The number of pyridine rings is 1. The summed E-state index contributed by atoms with van der Waals surface area (Å²) in [6, 6.07) is 26.8. The lowest BCUT2D eigenvalue weighted by Gasteiger charge is -2.32. The molecule has 0 spiro atoms. The molecule has 1 heterocycles. The number of hydrogen-bond donors (Lipinski definition) is 1. The molecule has 8 nitrogen and oxygen atoms in total. The van der Waals surface area contributed by atoms with E-state index in [1.807, 2.05) is 78.9 Å². The molecular weight excluding hydrogens is 506 g/mol. The maximum absolute atomic E-state index is 14.0. The van der Waals surface area contributed by atoms with Crippen LogP contribution in [-0.2, 0) is 29.1 Å². The fourth-order valence-electron chi connectivity index (χ4n) is 4.40. The first-order chi connectivity index (χ1) is 19.5. The van der Waals surface area contributed by atoms with Crippen molar-refractivity contribution < 1.29 is 23.8 Å². The standard InChI is InChI=1S/C32H33N3O5/c1-38-27-15-12-23(13-16-27)22-35(30(36)20-24-14-17-28(39-2)29(19-24)40-3)31(25-9-5-4-6-10-25)32(37)34-21-26-11-7-8-18-33-26/h4-19,31H,20-22H2,1-3H3,(H,34,37)/t31-/m1/s1. The highest BCUT2D eigenvalue weighted by Gasteiger charge is 2.31. The number of carbonyl (C=O) groups is 2. The molecule has 8 heteroatoms. The predicted octanol–water partition coefficient (Wildman–Crippen LogP) is 4.74. The second kappa shape index (κ2) is 13.8. The van der Waals surface area contributed by atoms with Crippen LogP contribution >= 0.6 is 0 Å². The zero-order chi connectivity index (χ0) is 28.3. The molecule has 0 radical (unpaired) electrons. The molecule has 1 atom stereocenters. The summed E-state index contributed by atoms with van der Waals surface area (Å²) in [6.45, 7) is 0.454. The van der Waals surface area contributed by atoms with Gasteiger partial charge in [0.05, 0.1) is 40.0 Å². The normalized spacial score (nSPS) is 11.3. The zero-order valence-electron chi connectivity index (χ0n) is 22.9. The van der Waals surface area contributed by atoms with Gasteiger partial charge in [0.25, 0.3) is 0 Å². The summed E-state index contributed by atoms with van der Waals surface area (Å²) in [5.41, 5.74) is 3.03. The number of rotatable bonds is 12. The Hall–Kier alpha value is -4.85. The summed E-state index contributed by atoms with van der Waals surface area (Å²) in [4.78, 5) is 33.7. The molecule has 4 rings (SSSR count). The van der Waals surface area contributed by atoms with Crippen LogP contribution in [-0.4, -0.2) is 43.0 Å². The third kappa shape index (κ3) is 7.17. The Kier molecular flexibility index (Phi) is 9.72. The number of hydrogen-bond acceptors (Lipinski definition) is 6. The Balaban J connectivity index is 1.69. The van der Waals surface area contributed by atoms with E-state index in [4.69, 9.17) is 14.2 Å². The van der Waals surface area contributed by atoms with Crippen molar-refractivity contribution in [1.82, 2.24) is 15.2 Å². The summed E-state index contributed by atoms with van der Waals surface area (Å²) in [5.74, 6) is 1.29. The molecule has 0 saturated carbocycles. The Morgan fingerprint density at radius 3 is 2.15 bits per heavy atom. The lowest BCUT2D eigenvalue weighted by molar-refractivity contribution is -0.141. The van der Waals surface area contributed by atoms with Gasteiger partial charge >= 0.3 is 0 Å². The van der Waals surface area contributed by atoms with Crippen molar-refractivity contribution in [2.45, 2.75) is 25.6 Å². The van der Waals surface area contributed by atoms with Gasteiger partial charge in [-0.25, -0.2) is 0 Å². The van der Waals surface area contributed by atoms with Crippen LogP contribution in [0.15, 0.2) is 97.2 Å². The van der Waals surface area contributed by atoms with Crippen molar-refractivity contribution >= 4 is 11.8 Å². The molecule has 0 aliphatic carbocycles. The average molecular weight is 540 g/mol. The predicted molar refractivity (Wildman–Crippen MR) is 152 cm³/mol. The molecule has 1 aromatic heterocycles. The van der Waals surface area contributed by atoms with Gasteiger partial charge in [0.1, 0.15) is 11.8 Å². The van der Waals surface area contributed by atoms with Crippen molar-refractivity contribution in [3.05, 3.63) is 120 Å². The van der Waals surface area contributed by atoms with Crippen molar-refractivity contribution in [3.63, 3.8) is 0 Å². The monoisotopic (exact) mass is 539 g/mol. The summed E-state index contributed by atoms with van der Waals surface area (Å²) >= 11 is 0. The second-order valence-electron chi connectivity index (χ2n) is 9.09. The van der Waals surface area contributed by atoms with Crippen LogP contribution in [0.25, 0.3) is 0 Å². The first-order valence-electron chi connectivity index (χ1n) is 12.9. The first kappa shape index (κ1) is 28.2. The van der Waals surface area contributed by atoms with Crippen molar-refractivity contribution in [3.8, 4) is 17.2 Å². The van der Waals surface area contributed by atoms with E-state index in [0.29, 0.717) is 22.8 Å². The minimum Gasteiger partial charge on any atom is -0.497 e. The van der Waals surface area contributed by atoms with Crippen LogP contribution in [0.3, 0.4) is 0 Å². The number of nitrogens with one attached hydrogen (secondary N) is 1. The molecule has 0 saturated heterocycles. The van der Waals surface area contributed by atoms with E-state index in [0.717, 1.165) is 16.8 Å². The number of benzene rings is 3. The quantitative estimate of drug-likeness (QED) is 0.280. The third-order valence-corrected chi connectivity index (χ3v) is 6.48. The highest BCUT2D eigenvalue weighted by Crippen LogP contribution is 2.30. The van der Waals surface area contributed by atoms with Gasteiger partial charge in [-0.2, -0.15) is 0 Å². The van der Waals surface area contributed by atoms with Gasteiger partial charge in [-0.05, 0) is 53.1 Å². The maximum atomic E-state index is 14.0. The molecule has 4 aromatic rings. The third-order valence-electron chi connectivity index (χ3n) is 6.48. The van der Waals surface area contributed by atoms with E-state index in [1.165, 1.54) is 0 Å². The van der Waals surface area contributed by atoms with E-state index in [2.05, 4.69) is 10.3 Å². The molecular formula is C32H33N3O5. The van der Waals surface area contributed by atoms with Crippen molar-refractivity contribution in [2.24, 2.45) is 0 Å². The van der Waals surface area contributed by atoms with Crippen LogP contribution in [0.1, 0.15) is 28.4 Å². The van der Waals surface area contributed by atoms with Gasteiger partial charge in [-0.3, -0.25) is 14.6 Å². The maximum Gasteiger partial charge on any atom is 0.247 e. The minimum absolute atomic E-state index is 0.0629. The van der Waals surface area contributed by atoms with Crippen molar-refractivity contribution in [1.29, 1.82) is 0 Å². The van der Waals surface area contributed by atoms with E-state index >= 15 is 0 Å². The Bertz CT molecular complexity index is 1400. The second-order valence-corrected chi connectivity index (χ2v) is 9.09. The number of carbonyl (C=O) groups excluding carboxylic acids is 2. The summed E-state index contributed by atoms with van der Waals surface area (Å²) in [7, 11) is 4.72. The summed E-state index contributed by atoms with van der Waals surface area (Å²) in [5, 5.41) is 2.98. The molecule has 1 N–H and O–H groups in total. The molecule has 206 valence electrons. The van der Waals surface area contributed by atoms with Crippen LogP contribution < -0.4 is 19.5 Å². The lowest BCUT2D eigenvalue weighted by atomic mass is 10.0. The van der Waals surface area contributed by atoms with Crippen LogP contribution in [0, 0.1) is 0 Å². The van der Waals surface area contributed by atoms with Gasteiger partial charge in [0.2, 0.25) is 11.8 Å². The molecule has 0 bridgehead atoms. The van der Waals surface area contributed by atoms with E-state index < -0.39 is 6.04 Å². The smallest absolute Gasteiger partial charge is 0.247 e. The van der Waals surface area contributed by atoms with E-state index in [9.17, 15) is 9.59 Å². The van der Waals surface area contributed by atoms with Crippen LogP contribution in [0.5, 0.6) is 17.2 Å². The Morgan fingerprint density at radius 1 is 0.800 bits per heavy atom. The molecule has 3 aromatic carbocycles. The molecule has 0 aliphatic rings. The Morgan fingerprint density at radius 2 is 1.50 bits per heavy atom. The largest absolute Gasteiger partial charge is 0.497 e. The fraction of sp³-hybridized carbons (Fsp3) is 0.219. The number of methoxy groups -OCH3 is 3. The van der Waals surface area contributed by atoms with Gasteiger partial charge in [0, 0.05) is 12.7 Å². The number of aromatic nitrogens is 1. The molecule has 40 heavy (non-hydrogen) atoms. The van der Waals surface area contributed by atoms with Gasteiger partial charge in [-0.15, -0.1) is 0 Å². The molecule has 0 fully saturated rings. The highest BCUT2D eigenvalue weighted by molar-refractivity contribution is 5.89. The highest BCUT2D eigenvalue weighted by atomic mass is 16.5. The number of ether oxygens (including phenoxy) is 3. The topological polar surface area (TPSA) is 90.0 Å². The van der Waals surface area contributed by atoms with Crippen LogP contribution in [0.2, 0.25) is 0 Å². The summed E-state index contributed by atoms with van der Waals surface area (Å²) < 4.78 is 16.1. The molecule has 0 aliphatic heterocycles. The lowest BCUT2D eigenvalue weighted by Crippen LogP contribution is -2.44. The van der Waals surface area contributed by atoms with Crippen LogP contribution in [0.4, 0.5) is 0 Å². The average Bonchev–Trinajstić information content (AvgIpc) is 3.01. The minimum atomic E-state index is -0.875. The van der Waals surface area contributed by atoms with E-state index in [-0.39, 0.29) is 31.3 Å². The van der Waals surface area contributed by atoms with Gasteiger partial charge in [0.15, 0.2) is 11.5 Å². The molecule has 0 unspecified atom stereocenters. The SMILES string of the molecule is COc1ccc(CN(C(=O)Cc2ccc(OC)c(OC)c2)[C@@H](C(=O)NCc2ccccn2)c2ccccc2)cc1. The molecule has 2 amide bonds. The van der Waals surface area contributed by atoms with Crippen molar-refractivity contribution in [2.75, 3.05) is 21.3 Å². The van der Waals surface area contributed by atoms with E-state index in [1.54, 1.807) is 44.6 Å². The number of nitrogens with zero attached hydrogens (tertiary/aromatic N) is 2. The summed E-state index contributed by atoms with van der Waals surface area (Å²) in [6.07, 6.45) is 1.74.